The summed E-state index contributed by atoms with van der Waals surface area (Å²) in [6.07, 6.45) is 9.50. The van der Waals surface area contributed by atoms with E-state index >= 15 is 0 Å². The molecular formula is C15H23N3O3. The van der Waals surface area contributed by atoms with Crippen molar-refractivity contribution in [2.75, 3.05) is 19.8 Å². The fraction of sp³-hybridized carbons (Fsp3) is 0.800. The van der Waals surface area contributed by atoms with Gasteiger partial charge >= 0.3 is 0 Å². The van der Waals surface area contributed by atoms with Crippen LogP contribution in [0.15, 0.2) is 10.9 Å². The Hall–Kier alpha value is -1.43. The maximum atomic E-state index is 12.5. The van der Waals surface area contributed by atoms with Gasteiger partial charge in [-0.15, -0.1) is 0 Å². The zero-order valence-corrected chi connectivity index (χ0v) is 12.4. The minimum atomic E-state index is -0.198. The monoisotopic (exact) mass is 293 g/mol. The van der Waals surface area contributed by atoms with Gasteiger partial charge in [0.2, 0.25) is 12.3 Å². The SMILES string of the molecule is O=C(CCC1CCCCC1)N1CCOCC1c1ncon1. The highest BCUT2D eigenvalue weighted by molar-refractivity contribution is 5.76. The van der Waals surface area contributed by atoms with Crippen LogP contribution in [0.25, 0.3) is 0 Å². The van der Waals surface area contributed by atoms with Gasteiger partial charge in [-0.2, -0.15) is 4.98 Å². The number of morpholine rings is 1. The second-order valence-corrected chi connectivity index (χ2v) is 6.01. The Labute approximate surface area is 124 Å². The maximum absolute atomic E-state index is 12.5. The van der Waals surface area contributed by atoms with Crippen LogP contribution in [0.1, 0.15) is 56.8 Å². The molecule has 6 heteroatoms. The molecule has 21 heavy (non-hydrogen) atoms. The van der Waals surface area contributed by atoms with Crippen LogP contribution in [0, 0.1) is 5.92 Å². The smallest absolute Gasteiger partial charge is 0.223 e. The minimum absolute atomic E-state index is 0.193. The lowest BCUT2D eigenvalue weighted by Crippen LogP contribution is -2.43. The third kappa shape index (κ3) is 3.61. The molecule has 1 amide bonds. The standard InChI is InChI=1S/C15H23N3O3/c19-14(7-6-12-4-2-1-3-5-12)18-8-9-20-10-13(18)15-16-11-21-17-15/h11-13H,1-10H2. The summed E-state index contributed by atoms with van der Waals surface area (Å²) in [4.78, 5) is 18.5. The van der Waals surface area contributed by atoms with Crippen molar-refractivity contribution in [1.29, 1.82) is 0 Å². The van der Waals surface area contributed by atoms with E-state index in [1.54, 1.807) is 0 Å². The molecule has 2 heterocycles. The number of aromatic nitrogens is 2. The average Bonchev–Trinajstić information content (AvgIpc) is 3.08. The number of nitrogens with zero attached hydrogens (tertiary/aromatic N) is 3. The van der Waals surface area contributed by atoms with E-state index in [1.807, 2.05) is 4.90 Å². The van der Waals surface area contributed by atoms with Crippen molar-refractivity contribution in [3.63, 3.8) is 0 Å². The molecule has 1 aromatic rings. The van der Waals surface area contributed by atoms with Crippen molar-refractivity contribution in [2.45, 2.75) is 51.0 Å². The Morgan fingerprint density at radius 3 is 2.95 bits per heavy atom. The predicted octanol–water partition coefficient (Wildman–Crippen LogP) is 2.33. The van der Waals surface area contributed by atoms with Crippen molar-refractivity contribution >= 4 is 5.91 Å². The van der Waals surface area contributed by atoms with Crippen molar-refractivity contribution in [3.05, 3.63) is 12.2 Å². The lowest BCUT2D eigenvalue weighted by atomic mass is 9.86. The van der Waals surface area contributed by atoms with Crippen LogP contribution < -0.4 is 0 Å². The highest BCUT2D eigenvalue weighted by atomic mass is 16.5. The zero-order valence-electron chi connectivity index (χ0n) is 12.4. The van der Waals surface area contributed by atoms with E-state index in [0.29, 0.717) is 32.0 Å². The fourth-order valence-corrected chi connectivity index (χ4v) is 3.39. The van der Waals surface area contributed by atoms with E-state index < -0.39 is 0 Å². The highest BCUT2D eigenvalue weighted by Crippen LogP contribution is 2.29. The van der Waals surface area contributed by atoms with Gasteiger partial charge in [-0.05, 0) is 12.3 Å². The summed E-state index contributed by atoms with van der Waals surface area (Å²) >= 11 is 0. The first-order valence-corrected chi connectivity index (χ1v) is 7.98. The van der Waals surface area contributed by atoms with Gasteiger partial charge in [-0.3, -0.25) is 4.79 Å². The van der Waals surface area contributed by atoms with E-state index in [-0.39, 0.29) is 11.9 Å². The molecule has 6 nitrogen and oxygen atoms in total. The summed E-state index contributed by atoms with van der Waals surface area (Å²) in [5.74, 6) is 1.46. The summed E-state index contributed by atoms with van der Waals surface area (Å²) in [5, 5.41) is 3.86. The normalized spacial score (nSPS) is 24.2. The third-order valence-electron chi connectivity index (χ3n) is 4.62. The maximum Gasteiger partial charge on any atom is 0.223 e. The molecule has 0 aromatic carbocycles. The van der Waals surface area contributed by atoms with Crippen molar-refractivity contribution < 1.29 is 14.1 Å². The summed E-state index contributed by atoms with van der Waals surface area (Å²) < 4.78 is 10.3. The zero-order chi connectivity index (χ0) is 14.5. The first kappa shape index (κ1) is 14.5. The van der Waals surface area contributed by atoms with Gasteiger partial charge < -0.3 is 14.2 Å². The van der Waals surface area contributed by atoms with Crippen LogP contribution in [0.3, 0.4) is 0 Å². The van der Waals surface area contributed by atoms with E-state index in [4.69, 9.17) is 9.26 Å². The Kier molecular flexibility index (Phi) is 4.85. The van der Waals surface area contributed by atoms with Crippen molar-refractivity contribution in [2.24, 2.45) is 5.92 Å². The number of rotatable bonds is 4. The molecule has 1 unspecified atom stereocenters. The van der Waals surface area contributed by atoms with E-state index in [9.17, 15) is 4.79 Å². The van der Waals surface area contributed by atoms with Crippen LogP contribution in [0.4, 0.5) is 0 Å². The van der Waals surface area contributed by atoms with Gasteiger partial charge in [0.15, 0.2) is 5.82 Å². The largest absolute Gasteiger partial charge is 0.377 e. The van der Waals surface area contributed by atoms with Gasteiger partial charge in [0.25, 0.3) is 0 Å². The molecule has 0 bridgehead atoms. The molecule has 3 rings (SSSR count). The second-order valence-electron chi connectivity index (χ2n) is 6.01. The van der Waals surface area contributed by atoms with Crippen LogP contribution in [0.2, 0.25) is 0 Å². The molecule has 1 saturated carbocycles. The third-order valence-corrected chi connectivity index (χ3v) is 4.62. The summed E-state index contributed by atoms with van der Waals surface area (Å²) in [7, 11) is 0. The number of carbonyl (C=O) groups is 1. The van der Waals surface area contributed by atoms with Gasteiger partial charge in [-0.1, -0.05) is 37.3 Å². The van der Waals surface area contributed by atoms with Crippen LogP contribution in [-0.4, -0.2) is 40.7 Å². The van der Waals surface area contributed by atoms with Crippen LogP contribution in [-0.2, 0) is 9.53 Å². The molecule has 116 valence electrons. The molecule has 1 aliphatic heterocycles. The molecule has 1 saturated heterocycles. The van der Waals surface area contributed by atoms with Crippen molar-refractivity contribution in [1.82, 2.24) is 15.0 Å². The van der Waals surface area contributed by atoms with Crippen LogP contribution >= 0.6 is 0 Å². The Morgan fingerprint density at radius 2 is 2.19 bits per heavy atom. The Balaban J connectivity index is 1.56. The number of hydrogen-bond acceptors (Lipinski definition) is 5. The summed E-state index contributed by atoms with van der Waals surface area (Å²) in [6, 6.07) is -0.198. The predicted molar refractivity (Wildman–Crippen MR) is 75.4 cm³/mol. The molecule has 0 spiro atoms. The number of amides is 1. The molecule has 1 aromatic heterocycles. The first-order chi connectivity index (χ1) is 10.3. The van der Waals surface area contributed by atoms with Gasteiger partial charge in [0.05, 0.1) is 13.2 Å². The first-order valence-electron chi connectivity index (χ1n) is 7.98. The average molecular weight is 293 g/mol. The molecule has 2 aliphatic rings. The molecule has 1 aliphatic carbocycles. The lowest BCUT2D eigenvalue weighted by Gasteiger charge is -2.34. The lowest BCUT2D eigenvalue weighted by molar-refractivity contribution is -0.141. The quantitative estimate of drug-likeness (QED) is 0.852. The van der Waals surface area contributed by atoms with Gasteiger partial charge in [-0.25, -0.2) is 0 Å². The van der Waals surface area contributed by atoms with Gasteiger partial charge in [0, 0.05) is 13.0 Å². The molecular weight excluding hydrogens is 270 g/mol. The summed E-state index contributed by atoms with van der Waals surface area (Å²) in [6.45, 7) is 1.65. The number of ether oxygens (including phenoxy) is 1. The minimum Gasteiger partial charge on any atom is -0.377 e. The van der Waals surface area contributed by atoms with Crippen molar-refractivity contribution in [3.8, 4) is 0 Å². The van der Waals surface area contributed by atoms with Crippen LogP contribution in [0.5, 0.6) is 0 Å². The Morgan fingerprint density at radius 1 is 1.33 bits per heavy atom. The molecule has 0 radical (unpaired) electrons. The fourth-order valence-electron chi connectivity index (χ4n) is 3.39. The molecule has 0 N–H and O–H groups in total. The van der Waals surface area contributed by atoms with E-state index in [2.05, 4.69) is 10.1 Å². The molecule has 1 atom stereocenters. The van der Waals surface area contributed by atoms with E-state index in [1.165, 1.54) is 38.5 Å². The molecule has 2 fully saturated rings. The second kappa shape index (κ2) is 7.02. The highest BCUT2D eigenvalue weighted by Gasteiger charge is 2.31. The Bertz CT molecular complexity index is 443. The number of carbonyl (C=O) groups excluding carboxylic acids is 1. The summed E-state index contributed by atoms with van der Waals surface area (Å²) in [5.41, 5.74) is 0. The topological polar surface area (TPSA) is 68.5 Å². The van der Waals surface area contributed by atoms with Gasteiger partial charge in [0.1, 0.15) is 6.04 Å². The van der Waals surface area contributed by atoms with E-state index in [0.717, 1.165) is 12.3 Å². The number of hydrogen-bond donors (Lipinski definition) is 0.